The second-order valence-corrected chi connectivity index (χ2v) is 9.26. The van der Waals surface area contributed by atoms with E-state index in [2.05, 4.69) is 32.3 Å². The molecule has 9 atom stereocenters. The van der Waals surface area contributed by atoms with Crippen LogP contribution in [0.4, 0.5) is 0 Å². The molecule has 23 nitrogen and oxygen atoms in total. The number of aliphatic hydroxyl groups excluding tert-OH is 2. The standard InChI is InChI=1S/C12H20O23S4/c13-1-3-5(14)6(4(24-3)2-23-36-33-30-17)25-12-10(29-39(20,21)22)8(28-38-35-32-19)7(27-37-34-31-18)9(26-12)11(15)16/h3-10,12-14,17-19H,1-2H2,(H,15,16)(H,20,21,22). The summed E-state index contributed by atoms with van der Waals surface area (Å²) in [4.78, 5) is 11.9. The average molecular weight is 661 g/mol. The van der Waals surface area contributed by atoms with Gasteiger partial charge in [-0.1, -0.05) is 15.1 Å². The third-order valence-corrected chi connectivity index (χ3v) is 6.28. The third-order valence-electron chi connectivity index (χ3n) is 4.63. The van der Waals surface area contributed by atoms with Gasteiger partial charge in [0.15, 0.2) is 55.5 Å². The molecule has 2 aliphatic heterocycles. The lowest BCUT2D eigenvalue weighted by Gasteiger charge is -2.43. The van der Waals surface area contributed by atoms with Gasteiger partial charge in [-0.15, -0.1) is 13.0 Å². The predicted molar refractivity (Wildman–Crippen MR) is 112 cm³/mol. The normalized spacial score (nSPS) is 33.4. The highest BCUT2D eigenvalue weighted by Gasteiger charge is 2.56. The Morgan fingerprint density at radius 3 is 1.97 bits per heavy atom. The molecule has 2 saturated heterocycles. The van der Waals surface area contributed by atoms with Crippen molar-refractivity contribution in [3.8, 4) is 0 Å². The molecule has 2 aliphatic rings. The van der Waals surface area contributed by atoms with E-state index in [9.17, 15) is 33.1 Å². The van der Waals surface area contributed by atoms with Gasteiger partial charge in [0.2, 0.25) is 0 Å². The summed E-state index contributed by atoms with van der Waals surface area (Å²) in [5, 5.41) is 64.4. The molecule has 0 aliphatic carbocycles. The molecule has 39 heavy (non-hydrogen) atoms. The number of ether oxygens (including phenoxy) is 3. The van der Waals surface area contributed by atoms with Gasteiger partial charge in [0, 0.05) is 0 Å². The van der Waals surface area contributed by atoms with Gasteiger partial charge in [-0.2, -0.15) is 8.42 Å². The molecule has 0 amide bonds. The minimum absolute atomic E-state index is 0.107. The first-order chi connectivity index (χ1) is 18.6. The average Bonchev–Trinajstić information content (AvgIpc) is 3.17. The van der Waals surface area contributed by atoms with E-state index in [0.717, 1.165) is 0 Å². The second kappa shape index (κ2) is 17.6. The first-order valence-corrected chi connectivity index (χ1v) is 12.9. The van der Waals surface area contributed by atoms with Gasteiger partial charge in [0.25, 0.3) is 0 Å². The summed E-state index contributed by atoms with van der Waals surface area (Å²) in [6, 6.07) is 0. The molecule has 0 aromatic rings. The van der Waals surface area contributed by atoms with Gasteiger partial charge in [-0.3, -0.25) is 17.1 Å². The van der Waals surface area contributed by atoms with Crippen molar-refractivity contribution in [1.82, 2.24) is 0 Å². The largest absolute Gasteiger partial charge is 0.479 e. The van der Waals surface area contributed by atoms with Gasteiger partial charge >= 0.3 is 16.4 Å². The molecule has 0 spiro atoms. The van der Waals surface area contributed by atoms with Crippen molar-refractivity contribution in [1.29, 1.82) is 0 Å². The smallest absolute Gasteiger partial charge is 0.397 e. The Morgan fingerprint density at radius 2 is 1.44 bits per heavy atom. The molecule has 2 fully saturated rings. The van der Waals surface area contributed by atoms with Crippen molar-refractivity contribution >= 4 is 53.3 Å². The molecule has 0 bridgehead atoms. The van der Waals surface area contributed by atoms with Crippen molar-refractivity contribution in [2.45, 2.75) is 55.1 Å². The van der Waals surface area contributed by atoms with Crippen LogP contribution in [0.3, 0.4) is 0 Å². The summed E-state index contributed by atoms with van der Waals surface area (Å²) in [5.41, 5.74) is 0. The SMILES string of the molecule is O=C(O)C1OC(OC2C(COSOOO)OC(CO)C2O)C(OS(=O)(=O)O)C(OSOOO)C1OSOOO. The van der Waals surface area contributed by atoms with Crippen LogP contribution < -0.4 is 0 Å². The number of carbonyl (C=O) groups is 1. The molecular formula is C12H20O23S4. The molecule has 0 saturated carbocycles. The van der Waals surface area contributed by atoms with E-state index < -0.39 is 84.7 Å². The van der Waals surface area contributed by atoms with E-state index >= 15 is 0 Å². The summed E-state index contributed by atoms with van der Waals surface area (Å²) in [5.74, 6) is -1.78. The van der Waals surface area contributed by atoms with Gasteiger partial charge < -0.3 is 29.5 Å². The maximum atomic E-state index is 11.9. The van der Waals surface area contributed by atoms with Crippen LogP contribution in [-0.4, -0.2) is 118 Å². The third kappa shape index (κ3) is 10.8. The van der Waals surface area contributed by atoms with Crippen LogP contribution in [0.1, 0.15) is 0 Å². The summed E-state index contributed by atoms with van der Waals surface area (Å²) in [6.45, 7) is -1.26. The second-order valence-electron chi connectivity index (χ2n) is 6.78. The van der Waals surface area contributed by atoms with Gasteiger partial charge in [0.05, 0.1) is 13.2 Å². The Morgan fingerprint density at radius 1 is 0.846 bits per heavy atom. The van der Waals surface area contributed by atoms with Crippen LogP contribution >= 0.6 is 37.0 Å². The molecule has 0 aromatic heterocycles. The van der Waals surface area contributed by atoms with E-state index in [4.69, 9.17) is 42.5 Å². The van der Waals surface area contributed by atoms with Crippen LogP contribution in [0.25, 0.3) is 0 Å². The number of carboxylic acid groups (broad SMARTS) is 1. The number of rotatable bonds is 19. The Kier molecular flexibility index (Phi) is 15.8. The van der Waals surface area contributed by atoms with Gasteiger partial charge in [-0.05, 0) is 0 Å². The van der Waals surface area contributed by atoms with Crippen LogP contribution in [0.15, 0.2) is 0 Å². The number of hydrogen-bond acceptors (Lipinski definition) is 24. The molecule has 27 heteroatoms. The first kappa shape index (κ1) is 34.9. The molecule has 2 heterocycles. The van der Waals surface area contributed by atoms with E-state index in [1.54, 1.807) is 0 Å². The topological polar surface area (TPSA) is 313 Å². The highest BCUT2D eigenvalue weighted by molar-refractivity contribution is 7.90. The van der Waals surface area contributed by atoms with Gasteiger partial charge in [0.1, 0.15) is 36.6 Å². The van der Waals surface area contributed by atoms with Gasteiger partial charge in [-0.25, -0.2) is 24.7 Å². The van der Waals surface area contributed by atoms with Crippen molar-refractivity contribution in [3.63, 3.8) is 0 Å². The summed E-state index contributed by atoms with van der Waals surface area (Å²) >= 11 is -0.287. The molecule has 9 unspecified atom stereocenters. The highest BCUT2D eigenvalue weighted by atomic mass is 32.3. The fourth-order valence-electron chi connectivity index (χ4n) is 3.27. The maximum absolute atomic E-state index is 11.9. The minimum atomic E-state index is -5.40. The van der Waals surface area contributed by atoms with Crippen molar-refractivity contribution in [2.75, 3.05) is 13.2 Å². The summed E-state index contributed by atoms with van der Waals surface area (Å²) in [6.07, 6.45) is -16.3. The van der Waals surface area contributed by atoms with E-state index in [1.807, 2.05) is 0 Å². The molecule has 0 aromatic carbocycles. The first-order valence-electron chi connectivity index (χ1n) is 9.58. The zero-order valence-electron chi connectivity index (χ0n) is 18.4. The summed E-state index contributed by atoms with van der Waals surface area (Å²) in [7, 11) is -5.40. The van der Waals surface area contributed by atoms with Crippen molar-refractivity contribution in [2.24, 2.45) is 0 Å². The highest BCUT2D eigenvalue weighted by Crippen LogP contribution is 2.36. The van der Waals surface area contributed by atoms with E-state index in [-0.39, 0.29) is 37.0 Å². The molecule has 2 rings (SSSR count). The molecule has 7 N–H and O–H groups in total. The van der Waals surface area contributed by atoms with Crippen LogP contribution in [0, 0.1) is 0 Å². The van der Waals surface area contributed by atoms with Crippen molar-refractivity contribution < 1.29 is 108 Å². The Bertz CT molecular complexity index is 819. The Labute approximate surface area is 229 Å². The lowest BCUT2D eigenvalue weighted by atomic mass is 9.98. The fourth-order valence-corrected chi connectivity index (χ4v) is 4.73. The Balaban J connectivity index is 2.40. The Hall–Kier alpha value is -0.290. The zero-order valence-corrected chi connectivity index (χ0v) is 21.7. The number of carboxylic acids is 1. The maximum Gasteiger partial charge on any atom is 0.397 e. The predicted octanol–water partition coefficient (Wildman–Crippen LogP) is -1.77. The monoisotopic (exact) mass is 660 g/mol. The quantitative estimate of drug-likeness (QED) is 0.0265. The molecule has 0 radical (unpaired) electrons. The lowest BCUT2D eigenvalue weighted by Crippen LogP contribution is -2.63. The fraction of sp³-hybridized carbons (Fsp3) is 0.917. The van der Waals surface area contributed by atoms with Crippen LogP contribution in [0.2, 0.25) is 0 Å². The van der Waals surface area contributed by atoms with Crippen LogP contribution in [0.5, 0.6) is 0 Å². The molecular weight excluding hydrogens is 640 g/mol. The number of aliphatic carboxylic acids is 1. The number of hydrogen-bond donors (Lipinski definition) is 7. The van der Waals surface area contributed by atoms with E-state index in [0.29, 0.717) is 0 Å². The number of aliphatic hydroxyl groups is 2. The van der Waals surface area contributed by atoms with Crippen LogP contribution in [-0.2, 0) is 74.3 Å². The van der Waals surface area contributed by atoms with Crippen molar-refractivity contribution in [3.05, 3.63) is 0 Å². The summed E-state index contributed by atoms with van der Waals surface area (Å²) < 4.78 is 80.3. The van der Waals surface area contributed by atoms with E-state index in [1.165, 1.54) is 0 Å². The molecule has 230 valence electrons. The minimum Gasteiger partial charge on any atom is -0.479 e. The zero-order chi connectivity index (χ0) is 29.0. The lowest BCUT2D eigenvalue weighted by molar-refractivity contribution is -0.436.